The van der Waals surface area contributed by atoms with Crippen molar-refractivity contribution in [2.75, 3.05) is 11.1 Å². The van der Waals surface area contributed by atoms with Crippen molar-refractivity contribution in [3.8, 4) is 0 Å². The minimum absolute atomic E-state index is 0.0177. The van der Waals surface area contributed by atoms with Gasteiger partial charge in [-0.15, -0.1) is 0 Å². The number of benzene rings is 1. The van der Waals surface area contributed by atoms with Crippen LogP contribution in [0.25, 0.3) is 0 Å². The first-order chi connectivity index (χ1) is 8.58. The smallest absolute Gasteiger partial charge is 0.255 e. The number of anilines is 2. The monoisotopic (exact) mass is 245 g/mol. The molecule has 0 radical (unpaired) electrons. The van der Waals surface area contributed by atoms with Gasteiger partial charge in [-0.1, -0.05) is 0 Å². The molecule has 0 saturated heterocycles. The lowest BCUT2D eigenvalue weighted by Crippen LogP contribution is -2.13. The second-order valence-electron chi connectivity index (χ2n) is 3.83. The van der Waals surface area contributed by atoms with Crippen molar-refractivity contribution in [2.24, 2.45) is 0 Å². The molecule has 1 aromatic carbocycles. The first-order valence-corrected chi connectivity index (χ1v) is 5.36. The van der Waals surface area contributed by atoms with E-state index in [4.69, 9.17) is 5.73 Å². The molecular formula is C13H12FN3O. The van der Waals surface area contributed by atoms with E-state index in [-0.39, 0.29) is 11.3 Å². The molecule has 1 aromatic heterocycles. The van der Waals surface area contributed by atoms with E-state index in [1.165, 1.54) is 12.1 Å². The summed E-state index contributed by atoms with van der Waals surface area (Å²) < 4.78 is 13.2. The van der Waals surface area contributed by atoms with Gasteiger partial charge in [0.05, 0.1) is 17.1 Å². The van der Waals surface area contributed by atoms with Crippen LogP contribution in [0.15, 0.2) is 36.5 Å². The number of nitrogen functional groups attached to an aromatic ring is 1. The fourth-order valence-electron chi connectivity index (χ4n) is 1.48. The number of carbonyl (C=O) groups is 1. The molecule has 3 N–H and O–H groups in total. The fourth-order valence-corrected chi connectivity index (χ4v) is 1.48. The molecule has 0 aliphatic rings. The standard InChI is InChI=1S/C13H12FN3O/c1-8-12(3-2-6-16-8)17-13(18)9-4-5-11(15)10(14)7-9/h2-7H,15H2,1H3,(H,17,18). The molecule has 0 aliphatic carbocycles. The van der Waals surface area contributed by atoms with Crippen molar-refractivity contribution >= 4 is 17.3 Å². The molecule has 5 heteroatoms. The third kappa shape index (κ3) is 2.45. The van der Waals surface area contributed by atoms with Crippen LogP contribution < -0.4 is 11.1 Å². The second-order valence-corrected chi connectivity index (χ2v) is 3.83. The SMILES string of the molecule is Cc1ncccc1NC(=O)c1ccc(N)c(F)c1. The summed E-state index contributed by atoms with van der Waals surface area (Å²) >= 11 is 0. The highest BCUT2D eigenvalue weighted by atomic mass is 19.1. The molecular weight excluding hydrogens is 233 g/mol. The van der Waals surface area contributed by atoms with Crippen molar-refractivity contribution in [3.05, 3.63) is 53.6 Å². The summed E-state index contributed by atoms with van der Waals surface area (Å²) in [5.41, 5.74) is 6.87. The van der Waals surface area contributed by atoms with Crippen molar-refractivity contribution in [1.29, 1.82) is 0 Å². The van der Waals surface area contributed by atoms with Crippen molar-refractivity contribution in [1.82, 2.24) is 4.98 Å². The van der Waals surface area contributed by atoms with Gasteiger partial charge in [-0.3, -0.25) is 9.78 Å². The molecule has 92 valence electrons. The van der Waals surface area contributed by atoms with Gasteiger partial charge in [0.1, 0.15) is 5.82 Å². The van der Waals surface area contributed by atoms with Gasteiger partial charge in [-0.2, -0.15) is 0 Å². The van der Waals surface area contributed by atoms with E-state index < -0.39 is 11.7 Å². The maximum atomic E-state index is 13.2. The van der Waals surface area contributed by atoms with Gasteiger partial charge in [0.15, 0.2) is 0 Å². The Morgan fingerprint density at radius 1 is 1.39 bits per heavy atom. The Kier molecular flexibility index (Phi) is 3.23. The summed E-state index contributed by atoms with van der Waals surface area (Å²) in [6.07, 6.45) is 1.63. The molecule has 1 heterocycles. The largest absolute Gasteiger partial charge is 0.396 e. The number of nitrogens with two attached hydrogens (primary N) is 1. The Bertz CT molecular complexity index is 599. The number of amides is 1. The van der Waals surface area contributed by atoms with Crippen molar-refractivity contribution in [3.63, 3.8) is 0 Å². The fraction of sp³-hybridized carbons (Fsp3) is 0.0769. The maximum Gasteiger partial charge on any atom is 0.255 e. The summed E-state index contributed by atoms with van der Waals surface area (Å²) in [7, 11) is 0. The lowest BCUT2D eigenvalue weighted by Gasteiger charge is -2.07. The predicted molar refractivity (Wildman–Crippen MR) is 67.7 cm³/mol. The maximum absolute atomic E-state index is 13.2. The summed E-state index contributed by atoms with van der Waals surface area (Å²) in [5.74, 6) is -1.00. The van der Waals surface area contributed by atoms with E-state index >= 15 is 0 Å². The molecule has 2 rings (SSSR count). The molecule has 0 aliphatic heterocycles. The van der Waals surface area contributed by atoms with E-state index in [9.17, 15) is 9.18 Å². The Balaban J connectivity index is 2.22. The summed E-state index contributed by atoms with van der Waals surface area (Å²) in [6, 6.07) is 7.39. The van der Waals surface area contributed by atoms with Crippen LogP contribution in [0.1, 0.15) is 16.1 Å². The van der Waals surface area contributed by atoms with Crippen LogP contribution in [0.5, 0.6) is 0 Å². The number of carbonyl (C=O) groups excluding carboxylic acids is 1. The van der Waals surface area contributed by atoms with E-state index in [0.717, 1.165) is 6.07 Å². The van der Waals surface area contributed by atoms with Gasteiger partial charge in [-0.05, 0) is 37.3 Å². The average molecular weight is 245 g/mol. The number of halogens is 1. The first kappa shape index (κ1) is 12.0. The minimum Gasteiger partial charge on any atom is -0.396 e. The number of hydrogen-bond acceptors (Lipinski definition) is 3. The molecule has 0 fully saturated rings. The normalized spacial score (nSPS) is 10.1. The van der Waals surface area contributed by atoms with Gasteiger partial charge >= 0.3 is 0 Å². The summed E-state index contributed by atoms with van der Waals surface area (Å²) in [5, 5.41) is 2.66. The van der Waals surface area contributed by atoms with Crippen LogP contribution in [0.3, 0.4) is 0 Å². The van der Waals surface area contributed by atoms with Crippen LogP contribution in [-0.4, -0.2) is 10.9 Å². The van der Waals surface area contributed by atoms with Gasteiger partial charge in [0.2, 0.25) is 0 Å². The molecule has 0 bridgehead atoms. The zero-order valence-electron chi connectivity index (χ0n) is 9.77. The Labute approximate surface area is 104 Å². The van der Waals surface area contributed by atoms with Gasteiger partial charge in [0, 0.05) is 11.8 Å². The minimum atomic E-state index is -0.606. The van der Waals surface area contributed by atoms with Gasteiger partial charge in [-0.25, -0.2) is 4.39 Å². The average Bonchev–Trinajstić information content (AvgIpc) is 2.35. The van der Waals surface area contributed by atoms with E-state index in [1.807, 2.05) is 0 Å². The quantitative estimate of drug-likeness (QED) is 0.798. The molecule has 0 spiro atoms. The van der Waals surface area contributed by atoms with E-state index in [2.05, 4.69) is 10.3 Å². The van der Waals surface area contributed by atoms with Crippen LogP contribution >= 0.6 is 0 Å². The van der Waals surface area contributed by atoms with Crippen LogP contribution in [-0.2, 0) is 0 Å². The Morgan fingerprint density at radius 3 is 2.83 bits per heavy atom. The highest BCUT2D eigenvalue weighted by Gasteiger charge is 2.09. The number of aryl methyl sites for hydroxylation is 1. The first-order valence-electron chi connectivity index (χ1n) is 5.36. The van der Waals surface area contributed by atoms with Crippen LogP contribution in [0, 0.1) is 12.7 Å². The van der Waals surface area contributed by atoms with E-state index in [1.54, 1.807) is 25.3 Å². The molecule has 4 nitrogen and oxygen atoms in total. The number of hydrogen-bond donors (Lipinski definition) is 2. The lowest BCUT2D eigenvalue weighted by molar-refractivity contribution is 0.102. The third-order valence-corrected chi connectivity index (χ3v) is 2.52. The number of rotatable bonds is 2. The molecule has 0 saturated carbocycles. The number of pyridine rings is 1. The number of aromatic nitrogens is 1. The number of nitrogens with one attached hydrogen (secondary N) is 1. The van der Waals surface area contributed by atoms with Crippen molar-refractivity contribution < 1.29 is 9.18 Å². The van der Waals surface area contributed by atoms with Gasteiger partial charge in [0.25, 0.3) is 5.91 Å². The van der Waals surface area contributed by atoms with Crippen LogP contribution in [0.2, 0.25) is 0 Å². The molecule has 1 amide bonds. The zero-order valence-corrected chi connectivity index (χ0v) is 9.77. The van der Waals surface area contributed by atoms with E-state index in [0.29, 0.717) is 11.4 Å². The molecule has 18 heavy (non-hydrogen) atoms. The lowest BCUT2D eigenvalue weighted by atomic mass is 10.2. The topological polar surface area (TPSA) is 68.0 Å². The highest BCUT2D eigenvalue weighted by Crippen LogP contribution is 2.15. The highest BCUT2D eigenvalue weighted by molar-refractivity contribution is 6.04. The Hall–Kier alpha value is -2.43. The second kappa shape index (κ2) is 4.83. The summed E-state index contributed by atoms with van der Waals surface area (Å²) in [6.45, 7) is 1.78. The molecule has 2 aromatic rings. The predicted octanol–water partition coefficient (Wildman–Crippen LogP) is 2.36. The van der Waals surface area contributed by atoms with Crippen LogP contribution in [0.4, 0.5) is 15.8 Å². The summed E-state index contributed by atoms with van der Waals surface area (Å²) in [4.78, 5) is 15.9. The number of nitrogens with zero attached hydrogens (tertiary/aromatic N) is 1. The Morgan fingerprint density at radius 2 is 2.17 bits per heavy atom. The van der Waals surface area contributed by atoms with Gasteiger partial charge < -0.3 is 11.1 Å². The molecule has 0 atom stereocenters. The molecule has 0 unspecified atom stereocenters. The third-order valence-electron chi connectivity index (χ3n) is 2.52. The van der Waals surface area contributed by atoms with Crippen molar-refractivity contribution in [2.45, 2.75) is 6.92 Å². The zero-order chi connectivity index (χ0) is 13.1.